The highest BCUT2D eigenvalue weighted by atomic mass is 79.9. The summed E-state index contributed by atoms with van der Waals surface area (Å²) in [5.41, 5.74) is 0.581. The minimum absolute atomic E-state index is 0.121. The van der Waals surface area contributed by atoms with Crippen LogP contribution in [-0.2, 0) is 0 Å². The van der Waals surface area contributed by atoms with Crippen molar-refractivity contribution in [2.24, 2.45) is 0 Å². The molecule has 2 nitrogen and oxygen atoms in total. The lowest BCUT2D eigenvalue weighted by atomic mass is 10.1. The van der Waals surface area contributed by atoms with E-state index in [4.69, 9.17) is 23.2 Å². The summed E-state index contributed by atoms with van der Waals surface area (Å²) in [7, 11) is 0. The van der Waals surface area contributed by atoms with Gasteiger partial charge in [-0.2, -0.15) is 0 Å². The van der Waals surface area contributed by atoms with Crippen LogP contribution in [0.2, 0.25) is 10.3 Å². The number of nitrogens with zero attached hydrogens (tertiary/aromatic N) is 2. The van der Waals surface area contributed by atoms with Gasteiger partial charge < -0.3 is 0 Å². The van der Waals surface area contributed by atoms with Crippen molar-refractivity contribution in [3.8, 4) is 21.8 Å². The molecule has 0 atom stereocenters. The van der Waals surface area contributed by atoms with E-state index >= 15 is 0 Å². The Morgan fingerprint density at radius 2 is 1.71 bits per heavy atom. The van der Waals surface area contributed by atoms with Gasteiger partial charge in [0.05, 0.1) is 10.4 Å². The van der Waals surface area contributed by atoms with Gasteiger partial charge in [-0.15, -0.1) is 11.3 Å². The summed E-state index contributed by atoms with van der Waals surface area (Å²) in [4.78, 5) is 9.30. The van der Waals surface area contributed by atoms with Crippen molar-refractivity contribution in [2.45, 2.75) is 0 Å². The first-order chi connectivity index (χ1) is 10.1. The molecule has 0 aliphatic heterocycles. The van der Waals surface area contributed by atoms with Crippen LogP contribution in [0.3, 0.4) is 0 Å². The molecular weight excluding hydrogens is 398 g/mol. The lowest BCUT2D eigenvalue weighted by Gasteiger charge is -2.09. The molecule has 0 amide bonds. The molecule has 0 radical (unpaired) electrons. The molecule has 2 aromatic heterocycles. The maximum Gasteiger partial charge on any atom is 0.173 e. The topological polar surface area (TPSA) is 25.8 Å². The van der Waals surface area contributed by atoms with Crippen LogP contribution in [0.4, 0.5) is 4.39 Å². The summed E-state index contributed by atoms with van der Waals surface area (Å²) in [5.74, 6) is -0.0121. The van der Waals surface area contributed by atoms with E-state index in [1.54, 1.807) is 18.2 Å². The van der Waals surface area contributed by atoms with Gasteiger partial charge in [-0.05, 0) is 33.4 Å². The van der Waals surface area contributed by atoms with Crippen LogP contribution in [-0.4, -0.2) is 9.97 Å². The third kappa shape index (κ3) is 2.83. The number of halogens is 4. The van der Waals surface area contributed by atoms with Gasteiger partial charge >= 0.3 is 0 Å². The molecule has 0 N–H and O–H groups in total. The predicted molar refractivity (Wildman–Crippen MR) is 88.5 cm³/mol. The fourth-order valence-corrected chi connectivity index (χ4v) is 3.92. The largest absolute Gasteiger partial charge is 0.215 e. The Kier molecular flexibility index (Phi) is 4.26. The molecule has 21 heavy (non-hydrogen) atoms. The van der Waals surface area contributed by atoms with Crippen LogP contribution in [0.1, 0.15) is 0 Å². The van der Waals surface area contributed by atoms with Gasteiger partial charge in [0.2, 0.25) is 0 Å². The average molecular weight is 404 g/mol. The Balaban J connectivity index is 2.18. The van der Waals surface area contributed by atoms with Crippen molar-refractivity contribution in [3.05, 3.63) is 56.3 Å². The molecule has 0 spiro atoms. The number of thiophene rings is 1. The van der Waals surface area contributed by atoms with Crippen LogP contribution in [0.5, 0.6) is 0 Å². The first-order valence-corrected chi connectivity index (χ1v) is 8.22. The monoisotopic (exact) mass is 402 g/mol. The van der Waals surface area contributed by atoms with Crippen molar-refractivity contribution in [3.63, 3.8) is 0 Å². The van der Waals surface area contributed by atoms with Gasteiger partial charge in [0.15, 0.2) is 5.82 Å². The summed E-state index contributed by atoms with van der Waals surface area (Å²) in [6, 6.07) is 8.11. The molecule has 0 bridgehead atoms. The fourth-order valence-electron chi connectivity index (χ4n) is 1.85. The summed E-state index contributed by atoms with van der Waals surface area (Å²) in [6.07, 6.45) is 0. The Morgan fingerprint density at radius 1 is 1.05 bits per heavy atom. The molecule has 0 saturated heterocycles. The highest BCUT2D eigenvalue weighted by molar-refractivity contribution is 9.10. The SMILES string of the molecule is Fc1ccccc1-c1c(Cl)nc(-c2sccc2Br)nc1Cl. The Hall–Kier alpha value is -1.01. The van der Waals surface area contributed by atoms with Gasteiger partial charge in [0.1, 0.15) is 16.1 Å². The number of hydrogen-bond donors (Lipinski definition) is 0. The summed E-state index contributed by atoms with van der Waals surface area (Å²) in [6.45, 7) is 0. The second-order valence-corrected chi connectivity index (χ2v) is 6.57. The molecule has 0 unspecified atom stereocenters. The molecule has 3 rings (SSSR count). The minimum Gasteiger partial charge on any atom is -0.215 e. The Morgan fingerprint density at radius 3 is 2.29 bits per heavy atom. The summed E-state index contributed by atoms with van der Waals surface area (Å²) < 4.78 is 14.8. The number of benzene rings is 1. The standard InChI is InChI=1S/C14H6BrCl2FN2S/c15-8-5-6-21-11(8)14-19-12(16)10(13(17)20-14)7-3-1-2-4-9(7)18/h1-6H. The first-order valence-electron chi connectivity index (χ1n) is 5.79. The second-order valence-electron chi connectivity index (χ2n) is 4.08. The molecule has 0 aliphatic rings. The van der Waals surface area contributed by atoms with Crippen molar-refractivity contribution >= 4 is 50.5 Å². The fraction of sp³-hybridized carbons (Fsp3) is 0. The highest BCUT2D eigenvalue weighted by Crippen LogP contribution is 2.38. The van der Waals surface area contributed by atoms with E-state index in [0.717, 1.165) is 9.35 Å². The van der Waals surface area contributed by atoms with E-state index in [1.165, 1.54) is 17.4 Å². The molecule has 0 fully saturated rings. The van der Waals surface area contributed by atoms with Gasteiger partial charge in [-0.1, -0.05) is 41.4 Å². The van der Waals surface area contributed by atoms with Gasteiger partial charge in [-0.3, -0.25) is 0 Å². The van der Waals surface area contributed by atoms with E-state index in [0.29, 0.717) is 11.4 Å². The molecule has 7 heteroatoms. The normalized spacial score (nSPS) is 10.9. The predicted octanol–water partition coefficient (Wildman–Crippen LogP) is 6.08. The minimum atomic E-state index is -0.421. The zero-order valence-electron chi connectivity index (χ0n) is 10.3. The summed E-state index contributed by atoms with van der Waals surface area (Å²) in [5, 5.41) is 2.14. The Bertz CT molecular complexity index is 799. The smallest absolute Gasteiger partial charge is 0.173 e. The zero-order valence-corrected chi connectivity index (χ0v) is 14.2. The van der Waals surface area contributed by atoms with Crippen LogP contribution < -0.4 is 0 Å². The molecule has 1 aromatic carbocycles. The lowest BCUT2D eigenvalue weighted by molar-refractivity contribution is 0.631. The van der Waals surface area contributed by atoms with Crippen molar-refractivity contribution in [2.75, 3.05) is 0 Å². The number of aromatic nitrogens is 2. The highest BCUT2D eigenvalue weighted by Gasteiger charge is 2.18. The van der Waals surface area contributed by atoms with Crippen molar-refractivity contribution < 1.29 is 4.39 Å². The third-order valence-corrected chi connectivity index (χ3v) is 5.16. The van der Waals surface area contributed by atoms with Crippen LogP contribution in [0.15, 0.2) is 40.2 Å². The zero-order chi connectivity index (χ0) is 15.0. The molecular formula is C14H6BrCl2FN2S. The van der Waals surface area contributed by atoms with E-state index in [1.807, 2.05) is 11.4 Å². The van der Waals surface area contributed by atoms with Gasteiger partial charge in [0.25, 0.3) is 0 Å². The maximum atomic E-state index is 13.9. The van der Waals surface area contributed by atoms with Gasteiger partial charge in [0, 0.05) is 10.0 Å². The van der Waals surface area contributed by atoms with E-state index < -0.39 is 5.82 Å². The Labute approximate surface area is 142 Å². The van der Waals surface area contributed by atoms with Gasteiger partial charge in [-0.25, -0.2) is 14.4 Å². The number of hydrogen-bond acceptors (Lipinski definition) is 3. The van der Waals surface area contributed by atoms with Crippen LogP contribution in [0, 0.1) is 5.82 Å². The number of rotatable bonds is 2. The average Bonchev–Trinajstić information content (AvgIpc) is 2.86. The third-order valence-electron chi connectivity index (χ3n) is 2.78. The quantitative estimate of drug-likeness (QED) is 0.484. The molecule has 2 heterocycles. The second kappa shape index (κ2) is 6.01. The molecule has 0 aliphatic carbocycles. The van der Waals surface area contributed by atoms with Crippen LogP contribution >= 0.6 is 50.5 Å². The molecule has 106 valence electrons. The summed E-state index contributed by atoms with van der Waals surface area (Å²) >= 11 is 17.3. The maximum absolute atomic E-state index is 13.9. The molecule has 0 saturated carbocycles. The van der Waals surface area contributed by atoms with Crippen molar-refractivity contribution in [1.29, 1.82) is 0 Å². The molecule has 3 aromatic rings. The van der Waals surface area contributed by atoms with Crippen LogP contribution in [0.25, 0.3) is 21.8 Å². The van der Waals surface area contributed by atoms with E-state index in [9.17, 15) is 4.39 Å². The van der Waals surface area contributed by atoms with E-state index in [-0.39, 0.29) is 15.9 Å². The van der Waals surface area contributed by atoms with Crippen molar-refractivity contribution in [1.82, 2.24) is 9.97 Å². The first kappa shape index (κ1) is 14.9. The van der Waals surface area contributed by atoms with E-state index in [2.05, 4.69) is 25.9 Å². The lowest BCUT2D eigenvalue weighted by Crippen LogP contribution is -1.95.